The largest absolute Gasteiger partial charge is 0.493 e. The van der Waals surface area contributed by atoms with Gasteiger partial charge in [0.15, 0.2) is 11.5 Å². The molecule has 0 radical (unpaired) electrons. The van der Waals surface area contributed by atoms with E-state index in [0.717, 1.165) is 0 Å². The van der Waals surface area contributed by atoms with Gasteiger partial charge in [-0.1, -0.05) is 0 Å². The topological polar surface area (TPSA) is 95.2 Å². The van der Waals surface area contributed by atoms with Crippen LogP contribution in [0.5, 0.6) is 17.2 Å². The number of methoxy groups -OCH3 is 3. The summed E-state index contributed by atoms with van der Waals surface area (Å²) in [5.41, 5.74) is 7.63. The first-order chi connectivity index (χ1) is 9.04. The third-order valence-corrected chi connectivity index (χ3v) is 2.99. The number of halogens is 1. The number of hydrogen-bond acceptors (Lipinski definition) is 5. The van der Waals surface area contributed by atoms with E-state index < -0.39 is 6.03 Å². The minimum absolute atomic E-state index is 0.455. The predicted octanol–water partition coefficient (Wildman–Crippen LogP) is 1.48. The Balaban J connectivity index is 3.26. The smallest absolute Gasteiger partial charge is 0.332 e. The van der Waals surface area contributed by atoms with E-state index in [4.69, 9.17) is 19.9 Å². The van der Waals surface area contributed by atoms with Crippen LogP contribution in [0.2, 0.25) is 0 Å². The number of carbonyl (C=O) groups excluding carboxylic acids is 1. The van der Waals surface area contributed by atoms with E-state index in [1.807, 2.05) is 0 Å². The Morgan fingerprint density at radius 2 is 1.95 bits per heavy atom. The van der Waals surface area contributed by atoms with Crippen LogP contribution in [0.15, 0.2) is 15.6 Å². The number of nitrogens with one attached hydrogen (secondary N) is 1. The molecule has 0 aliphatic carbocycles. The molecule has 1 aromatic carbocycles. The summed E-state index contributed by atoms with van der Waals surface area (Å²) in [4.78, 5) is 10.5. The van der Waals surface area contributed by atoms with Gasteiger partial charge in [-0.05, 0) is 22.0 Å². The summed E-state index contributed by atoms with van der Waals surface area (Å²) in [5.74, 6) is 1.39. The molecule has 0 unspecified atom stereocenters. The average molecular weight is 332 g/mol. The molecule has 104 valence electrons. The van der Waals surface area contributed by atoms with Gasteiger partial charge in [0.05, 0.1) is 32.0 Å². The Hall–Kier alpha value is -1.96. The van der Waals surface area contributed by atoms with E-state index in [1.54, 1.807) is 6.07 Å². The van der Waals surface area contributed by atoms with Crippen LogP contribution in [-0.2, 0) is 0 Å². The quantitative estimate of drug-likeness (QED) is 0.631. The first-order valence-corrected chi connectivity index (χ1v) is 5.91. The van der Waals surface area contributed by atoms with Gasteiger partial charge >= 0.3 is 6.03 Å². The summed E-state index contributed by atoms with van der Waals surface area (Å²) < 4.78 is 16.3. The number of hydrogen-bond donors (Lipinski definition) is 2. The lowest BCUT2D eigenvalue weighted by Gasteiger charge is -2.15. The van der Waals surface area contributed by atoms with Gasteiger partial charge in [0.2, 0.25) is 5.75 Å². The zero-order valence-corrected chi connectivity index (χ0v) is 12.3. The van der Waals surface area contributed by atoms with Crippen LogP contribution >= 0.6 is 15.9 Å². The molecule has 7 nitrogen and oxygen atoms in total. The third-order valence-electron chi connectivity index (χ3n) is 2.18. The maximum Gasteiger partial charge on any atom is 0.332 e. The first kappa shape index (κ1) is 15.1. The Morgan fingerprint density at radius 1 is 1.32 bits per heavy atom. The van der Waals surface area contributed by atoms with Gasteiger partial charge in [0, 0.05) is 5.56 Å². The van der Waals surface area contributed by atoms with Gasteiger partial charge in [-0.3, -0.25) is 0 Å². The molecule has 3 N–H and O–H groups in total. The lowest BCUT2D eigenvalue weighted by atomic mass is 10.2. The molecule has 1 aromatic rings. The molecule has 0 aliphatic heterocycles. The van der Waals surface area contributed by atoms with Gasteiger partial charge in [-0.25, -0.2) is 10.2 Å². The lowest BCUT2D eigenvalue weighted by Crippen LogP contribution is -2.24. The fraction of sp³-hybridized carbons (Fsp3) is 0.273. The zero-order chi connectivity index (χ0) is 14.4. The molecule has 0 aromatic heterocycles. The van der Waals surface area contributed by atoms with E-state index in [9.17, 15) is 4.79 Å². The number of urea groups is 1. The molecule has 19 heavy (non-hydrogen) atoms. The number of benzene rings is 1. The van der Waals surface area contributed by atoms with E-state index in [0.29, 0.717) is 27.3 Å². The average Bonchev–Trinajstić information content (AvgIpc) is 2.39. The molecule has 0 saturated carbocycles. The second-order valence-corrected chi connectivity index (χ2v) is 4.08. The number of nitrogens with zero attached hydrogens (tertiary/aromatic N) is 1. The highest BCUT2D eigenvalue weighted by Gasteiger charge is 2.18. The number of rotatable bonds is 5. The molecule has 0 heterocycles. The van der Waals surface area contributed by atoms with Crippen molar-refractivity contribution < 1.29 is 19.0 Å². The van der Waals surface area contributed by atoms with Gasteiger partial charge in [-0.15, -0.1) is 0 Å². The van der Waals surface area contributed by atoms with Gasteiger partial charge in [-0.2, -0.15) is 5.10 Å². The van der Waals surface area contributed by atoms with Crippen molar-refractivity contribution in [2.24, 2.45) is 10.8 Å². The van der Waals surface area contributed by atoms with E-state index >= 15 is 0 Å². The molecule has 0 saturated heterocycles. The van der Waals surface area contributed by atoms with Crippen LogP contribution in [0.4, 0.5) is 4.79 Å². The molecule has 1 rings (SSSR count). The van der Waals surface area contributed by atoms with Crippen molar-refractivity contribution in [2.45, 2.75) is 0 Å². The predicted molar refractivity (Wildman–Crippen MR) is 74.1 cm³/mol. The second-order valence-electron chi connectivity index (χ2n) is 3.28. The molecule has 0 bridgehead atoms. The summed E-state index contributed by atoms with van der Waals surface area (Å²) in [6.45, 7) is 0. The number of ether oxygens (including phenoxy) is 3. The Bertz CT molecular complexity index is 505. The molecular formula is C11H14BrN3O4. The van der Waals surface area contributed by atoms with Gasteiger partial charge < -0.3 is 19.9 Å². The molecule has 0 aliphatic rings. The SMILES string of the molecule is COc1cc(C=NNC(N)=O)c(Br)c(OC)c1OC. The lowest BCUT2D eigenvalue weighted by molar-refractivity contribution is 0.249. The number of hydrazone groups is 1. The van der Waals surface area contributed by atoms with E-state index in [2.05, 4.69) is 26.5 Å². The molecular weight excluding hydrogens is 318 g/mol. The standard InChI is InChI=1S/C11H14BrN3O4/c1-17-7-4-6(5-14-15-11(13)16)8(12)10(19-3)9(7)18-2/h4-5H,1-3H3,(H3,13,15,16). The van der Waals surface area contributed by atoms with Crippen LogP contribution in [0.25, 0.3) is 0 Å². The van der Waals surface area contributed by atoms with Crippen LogP contribution in [0.1, 0.15) is 5.56 Å². The van der Waals surface area contributed by atoms with Crippen LogP contribution < -0.4 is 25.4 Å². The monoisotopic (exact) mass is 331 g/mol. The highest BCUT2D eigenvalue weighted by Crippen LogP contribution is 2.44. The fourth-order valence-corrected chi connectivity index (χ4v) is 1.96. The van der Waals surface area contributed by atoms with Crippen LogP contribution in [0.3, 0.4) is 0 Å². The number of nitrogens with two attached hydrogens (primary N) is 1. The first-order valence-electron chi connectivity index (χ1n) is 5.12. The van der Waals surface area contributed by atoms with Crippen LogP contribution in [-0.4, -0.2) is 33.6 Å². The molecule has 0 fully saturated rings. The molecule has 8 heteroatoms. The van der Waals surface area contributed by atoms with Crippen LogP contribution in [0, 0.1) is 0 Å². The second kappa shape index (κ2) is 6.83. The summed E-state index contributed by atoms with van der Waals surface area (Å²) in [6.07, 6.45) is 1.40. The number of carbonyl (C=O) groups is 1. The van der Waals surface area contributed by atoms with Crippen molar-refractivity contribution in [1.29, 1.82) is 0 Å². The third kappa shape index (κ3) is 3.50. The molecule has 0 spiro atoms. The summed E-state index contributed by atoms with van der Waals surface area (Å²) >= 11 is 3.37. The zero-order valence-electron chi connectivity index (χ0n) is 10.7. The molecule has 2 amide bonds. The normalized spacial score (nSPS) is 10.3. The highest BCUT2D eigenvalue weighted by molar-refractivity contribution is 9.10. The van der Waals surface area contributed by atoms with Crippen molar-refractivity contribution in [3.05, 3.63) is 16.1 Å². The minimum Gasteiger partial charge on any atom is -0.493 e. The van der Waals surface area contributed by atoms with Crippen molar-refractivity contribution in [1.82, 2.24) is 5.43 Å². The number of amides is 2. The minimum atomic E-state index is -0.750. The van der Waals surface area contributed by atoms with E-state index in [-0.39, 0.29) is 0 Å². The van der Waals surface area contributed by atoms with Crippen molar-refractivity contribution in [3.63, 3.8) is 0 Å². The Labute approximate surface area is 118 Å². The van der Waals surface area contributed by atoms with Crippen molar-refractivity contribution in [3.8, 4) is 17.2 Å². The fourth-order valence-electron chi connectivity index (χ4n) is 1.40. The summed E-state index contributed by atoms with van der Waals surface area (Å²) in [7, 11) is 4.52. The molecule has 0 atom stereocenters. The number of primary amides is 1. The maximum atomic E-state index is 10.5. The Morgan fingerprint density at radius 3 is 2.42 bits per heavy atom. The van der Waals surface area contributed by atoms with Gasteiger partial charge in [0.1, 0.15) is 0 Å². The van der Waals surface area contributed by atoms with Gasteiger partial charge in [0.25, 0.3) is 0 Å². The van der Waals surface area contributed by atoms with Crippen molar-refractivity contribution in [2.75, 3.05) is 21.3 Å². The summed E-state index contributed by atoms with van der Waals surface area (Å²) in [6, 6.07) is 0.928. The van der Waals surface area contributed by atoms with E-state index in [1.165, 1.54) is 27.5 Å². The maximum absolute atomic E-state index is 10.5. The van der Waals surface area contributed by atoms with Crippen molar-refractivity contribution >= 4 is 28.2 Å². The summed E-state index contributed by atoms with van der Waals surface area (Å²) in [5, 5.41) is 3.68. The Kier molecular flexibility index (Phi) is 5.43. The highest BCUT2D eigenvalue weighted by atomic mass is 79.9.